The van der Waals surface area contributed by atoms with E-state index in [1.54, 1.807) is 0 Å². The van der Waals surface area contributed by atoms with Crippen molar-refractivity contribution >= 4 is 5.97 Å². The van der Waals surface area contributed by atoms with Crippen molar-refractivity contribution in [3.8, 4) is 0 Å². The molecule has 1 N–H and O–H groups in total. The summed E-state index contributed by atoms with van der Waals surface area (Å²) in [5.41, 5.74) is 0. The zero-order chi connectivity index (χ0) is 15.1. The van der Waals surface area contributed by atoms with Gasteiger partial charge in [-0.1, -0.05) is 27.7 Å². The summed E-state index contributed by atoms with van der Waals surface area (Å²) in [6.45, 7) is 13.6. The van der Waals surface area contributed by atoms with Crippen molar-refractivity contribution in [1.29, 1.82) is 0 Å². The van der Waals surface area contributed by atoms with Gasteiger partial charge in [-0.2, -0.15) is 0 Å². The maximum Gasteiger partial charge on any atom is 0.324 e. The summed E-state index contributed by atoms with van der Waals surface area (Å²) in [6.07, 6.45) is 1.19. The van der Waals surface area contributed by atoms with Gasteiger partial charge in [0.05, 0.1) is 7.11 Å². The second-order valence-corrected chi connectivity index (χ2v) is 5.82. The van der Waals surface area contributed by atoms with Crippen LogP contribution in [0.1, 0.15) is 34.1 Å². The maximum absolute atomic E-state index is 11.8. The molecule has 5 heteroatoms. The summed E-state index contributed by atoms with van der Waals surface area (Å²) < 4.78 is 4.90. The number of carbonyl (C=O) groups is 1. The number of likely N-dealkylation sites (tertiary alicyclic amines) is 1. The molecule has 1 saturated heterocycles. The van der Waals surface area contributed by atoms with Crippen LogP contribution in [0.15, 0.2) is 0 Å². The zero-order valence-electron chi connectivity index (χ0n) is 13.7. The van der Waals surface area contributed by atoms with Crippen LogP contribution in [0.5, 0.6) is 0 Å². The molecule has 0 amide bonds. The van der Waals surface area contributed by atoms with Gasteiger partial charge in [-0.3, -0.25) is 14.6 Å². The van der Waals surface area contributed by atoms with Crippen molar-refractivity contribution in [2.75, 3.05) is 39.8 Å². The van der Waals surface area contributed by atoms with Crippen molar-refractivity contribution in [2.45, 2.75) is 52.2 Å². The van der Waals surface area contributed by atoms with Crippen LogP contribution in [0.3, 0.4) is 0 Å². The fraction of sp³-hybridized carbons (Fsp3) is 0.933. The lowest BCUT2D eigenvalue weighted by atomic mass is 10.2. The lowest BCUT2D eigenvalue weighted by molar-refractivity contribution is -0.143. The van der Waals surface area contributed by atoms with E-state index >= 15 is 0 Å². The van der Waals surface area contributed by atoms with E-state index in [2.05, 4.69) is 42.8 Å². The Balaban J connectivity index is 2.52. The number of nitrogens with one attached hydrogen (secondary N) is 1. The summed E-state index contributed by atoms with van der Waals surface area (Å²) in [6, 6.07) is 0.679. The number of nitrogens with zero attached hydrogens (tertiary/aromatic N) is 2. The van der Waals surface area contributed by atoms with Crippen LogP contribution in [-0.4, -0.2) is 73.7 Å². The molecule has 2 unspecified atom stereocenters. The number of rotatable bonds is 8. The van der Waals surface area contributed by atoms with Crippen molar-refractivity contribution < 1.29 is 9.53 Å². The second-order valence-electron chi connectivity index (χ2n) is 5.82. The average molecular weight is 285 g/mol. The number of esters is 1. The van der Waals surface area contributed by atoms with Crippen LogP contribution in [0.4, 0.5) is 0 Å². The van der Waals surface area contributed by atoms with Gasteiger partial charge in [0.15, 0.2) is 0 Å². The Labute approximate surface area is 123 Å². The molecular formula is C15H31N3O2. The predicted molar refractivity (Wildman–Crippen MR) is 81.8 cm³/mol. The zero-order valence-corrected chi connectivity index (χ0v) is 13.7. The lowest BCUT2D eigenvalue weighted by Gasteiger charge is -2.28. The highest BCUT2D eigenvalue weighted by Gasteiger charge is 2.30. The Morgan fingerprint density at radius 2 is 2.05 bits per heavy atom. The maximum atomic E-state index is 11.8. The fourth-order valence-corrected chi connectivity index (χ4v) is 3.01. The number of hydrogen-bond donors (Lipinski definition) is 1. The first kappa shape index (κ1) is 17.4. The molecule has 0 aliphatic carbocycles. The quantitative estimate of drug-likeness (QED) is 0.673. The van der Waals surface area contributed by atoms with Crippen molar-refractivity contribution in [2.24, 2.45) is 0 Å². The van der Waals surface area contributed by atoms with Crippen LogP contribution in [0.2, 0.25) is 0 Å². The van der Waals surface area contributed by atoms with Crippen LogP contribution < -0.4 is 5.32 Å². The Morgan fingerprint density at radius 1 is 1.40 bits per heavy atom. The molecule has 0 bridgehead atoms. The van der Waals surface area contributed by atoms with E-state index in [4.69, 9.17) is 4.74 Å². The number of ether oxygens (including phenoxy) is 1. The van der Waals surface area contributed by atoms with Crippen LogP contribution in [0.25, 0.3) is 0 Å². The van der Waals surface area contributed by atoms with E-state index < -0.39 is 0 Å². The molecule has 1 aliphatic heterocycles. The van der Waals surface area contributed by atoms with Gasteiger partial charge in [0.1, 0.15) is 6.04 Å². The molecule has 1 rings (SSSR count). The monoisotopic (exact) mass is 285 g/mol. The van der Waals surface area contributed by atoms with Gasteiger partial charge in [-0.25, -0.2) is 0 Å². The molecular weight excluding hydrogens is 254 g/mol. The topological polar surface area (TPSA) is 44.8 Å². The first-order chi connectivity index (χ1) is 9.51. The lowest BCUT2D eigenvalue weighted by Crippen LogP contribution is -2.49. The third-order valence-corrected chi connectivity index (χ3v) is 4.04. The first-order valence-electron chi connectivity index (χ1n) is 7.82. The van der Waals surface area contributed by atoms with Gasteiger partial charge in [0.2, 0.25) is 0 Å². The number of hydrogen-bond acceptors (Lipinski definition) is 5. The molecule has 1 heterocycles. The predicted octanol–water partition coefficient (Wildman–Crippen LogP) is 0.942. The smallest absolute Gasteiger partial charge is 0.324 e. The van der Waals surface area contributed by atoms with E-state index in [0.717, 1.165) is 32.7 Å². The Morgan fingerprint density at radius 3 is 2.55 bits per heavy atom. The van der Waals surface area contributed by atoms with Gasteiger partial charge < -0.3 is 10.1 Å². The van der Waals surface area contributed by atoms with Gasteiger partial charge >= 0.3 is 5.97 Å². The van der Waals surface area contributed by atoms with E-state index in [-0.39, 0.29) is 18.1 Å². The third kappa shape index (κ3) is 5.04. The molecule has 1 aliphatic rings. The van der Waals surface area contributed by atoms with E-state index in [0.29, 0.717) is 6.04 Å². The third-order valence-electron chi connectivity index (χ3n) is 4.04. The highest BCUT2D eigenvalue weighted by molar-refractivity contribution is 5.76. The summed E-state index contributed by atoms with van der Waals surface area (Å²) in [4.78, 5) is 16.7. The summed E-state index contributed by atoms with van der Waals surface area (Å²) in [5, 5.41) is 3.30. The molecule has 0 spiro atoms. The number of carbonyl (C=O) groups excluding carboxylic acids is 1. The summed E-state index contributed by atoms with van der Waals surface area (Å²) in [7, 11) is 1.46. The van der Waals surface area contributed by atoms with E-state index in [1.165, 1.54) is 13.5 Å². The van der Waals surface area contributed by atoms with Gasteiger partial charge in [-0.05, 0) is 26.1 Å². The van der Waals surface area contributed by atoms with Crippen molar-refractivity contribution in [3.05, 3.63) is 0 Å². The molecule has 0 aromatic carbocycles. The SMILES string of the molecule is CCN(CC)C1CCN(CC(NC(C)C)C(=O)OC)C1. The molecule has 1 fully saturated rings. The van der Waals surface area contributed by atoms with Crippen LogP contribution >= 0.6 is 0 Å². The molecule has 5 nitrogen and oxygen atoms in total. The minimum atomic E-state index is -0.226. The molecule has 118 valence electrons. The van der Waals surface area contributed by atoms with Crippen LogP contribution in [0, 0.1) is 0 Å². The second kappa shape index (κ2) is 8.60. The van der Waals surface area contributed by atoms with Gasteiger partial charge in [-0.15, -0.1) is 0 Å². The standard InChI is InChI=1S/C15H31N3O2/c1-6-18(7-2)13-8-9-17(10-13)11-14(15(19)20-5)16-12(3)4/h12-14,16H,6-11H2,1-5H3. The van der Waals surface area contributed by atoms with Crippen molar-refractivity contribution in [3.63, 3.8) is 0 Å². The minimum absolute atomic E-state index is 0.162. The Kier molecular flexibility index (Phi) is 7.48. The molecule has 20 heavy (non-hydrogen) atoms. The highest BCUT2D eigenvalue weighted by atomic mass is 16.5. The normalized spacial score (nSPS) is 21.6. The van der Waals surface area contributed by atoms with Crippen LogP contribution in [-0.2, 0) is 9.53 Å². The molecule has 0 aromatic heterocycles. The van der Waals surface area contributed by atoms with E-state index in [9.17, 15) is 4.79 Å². The fourth-order valence-electron chi connectivity index (χ4n) is 3.01. The van der Waals surface area contributed by atoms with Gasteiger partial charge in [0, 0.05) is 25.2 Å². The average Bonchev–Trinajstić information content (AvgIpc) is 2.86. The minimum Gasteiger partial charge on any atom is -0.468 e. The first-order valence-corrected chi connectivity index (χ1v) is 7.82. The summed E-state index contributed by atoms with van der Waals surface area (Å²) >= 11 is 0. The molecule has 2 atom stereocenters. The largest absolute Gasteiger partial charge is 0.468 e. The highest BCUT2D eigenvalue weighted by Crippen LogP contribution is 2.15. The molecule has 0 saturated carbocycles. The molecule has 0 aromatic rings. The summed E-state index contributed by atoms with van der Waals surface area (Å²) in [5.74, 6) is -0.162. The van der Waals surface area contributed by atoms with E-state index in [1.807, 2.05) is 0 Å². The Hall–Kier alpha value is -0.650. The number of likely N-dealkylation sites (N-methyl/N-ethyl adjacent to an activating group) is 1. The molecule has 0 radical (unpaired) electrons. The Bertz CT molecular complexity index is 293. The van der Waals surface area contributed by atoms with Gasteiger partial charge in [0.25, 0.3) is 0 Å². The van der Waals surface area contributed by atoms with Crippen molar-refractivity contribution in [1.82, 2.24) is 15.1 Å². The number of methoxy groups -OCH3 is 1.